The average Bonchev–Trinajstić information content (AvgIpc) is 2.81. The molecule has 0 spiro atoms. The molecule has 0 bridgehead atoms. The van der Waals surface area contributed by atoms with Gasteiger partial charge in [0.25, 0.3) is 0 Å². The number of carbonyl (C=O) groups excluding carboxylic acids is 1. The van der Waals surface area contributed by atoms with Crippen LogP contribution in [0.2, 0.25) is 0 Å². The molecule has 1 aromatic carbocycles. The smallest absolute Gasteiger partial charge is 0.224 e. The van der Waals surface area contributed by atoms with Crippen LogP contribution in [0.3, 0.4) is 0 Å². The summed E-state index contributed by atoms with van der Waals surface area (Å²) < 4.78 is 13.9. The number of rotatable bonds is 7. The van der Waals surface area contributed by atoms with Crippen LogP contribution in [0.4, 0.5) is 10.2 Å². The van der Waals surface area contributed by atoms with Crippen LogP contribution in [0.1, 0.15) is 37.4 Å². The molecule has 0 radical (unpaired) electrons. The number of aromatic nitrogens is 1. The number of carbonyl (C=O) groups is 1. The molecule has 1 unspecified atom stereocenters. The van der Waals surface area contributed by atoms with E-state index in [2.05, 4.69) is 25.5 Å². The lowest BCUT2D eigenvalue weighted by Crippen LogP contribution is -2.49. The first-order chi connectivity index (χ1) is 15.5. The Labute approximate surface area is 212 Å². The number of nitrogens with zero attached hydrogens (tertiary/aromatic N) is 4. The number of hydrogen-bond donors (Lipinski definition) is 2. The zero-order valence-electron chi connectivity index (χ0n) is 19.6. The molecule has 180 valence electrons. The summed E-state index contributed by atoms with van der Waals surface area (Å²) in [4.78, 5) is 25.7. The van der Waals surface area contributed by atoms with Crippen LogP contribution in [-0.2, 0) is 4.79 Å². The van der Waals surface area contributed by atoms with Crippen molar-refractivity contribution in [3.63, 3.8) is 0 Å². The van der Waals surface area contributed by atoms with Crippen LogP contribution in [0, 0.1) is 12.7 Å². The Morgan fingerprint density at radius 2 is 1.97 bits per heavy atom. The molecule has 7 nitrogen and oxygen atoms in total. The van der Waals surface area contributed by atoms with Crippen LogP contribution in [0.5, 0.6) is 0 Å². The third-order valence-corrected chi connectivity index (χ3v) is 5.59. The second-order valence-electron chi connectivity index (χ2n) is 7.94. The standard InChI is InChI=1S/C24H33FN6O.HI/c1-4-26-24(29-19(3)20-9-8-18(2)21(25)17-20)28-12-10-23(32)31-15-13-30(14-16-31)22-7-5-6-11-27-22;/h5-9,11,17,19H,4,10,12-16H2,1-3H3,(H2,26,28,29);1H. The van der Waals surface area contributed by atoms with Crippen LogP contribution in [-0.4, -0.2) is 61.0 Å². The minimum Gasteiger partial charge on any atom is -0.357 e. The first-order valence-electron chi connectivity index (χ1n) is 11.2. The van der Waals surface area contributed by atoms with Crippen molar-refractivity contribution < 1.29 is 9.18 Å². The Morgan fingerprint density at radius 3 is 2.61 bits per heavy atom. The van der Waals surface area contributed by atoms with Crippen molar-refractivity contribution in [3.8, 4) is 0 Å². The van der Waals surface area contributed by atoms with E-state index in [1.165, 1.54) is 0 Å². The van der Waals surface area contributed by atoms with Gasteiger partial charge < -0.3 is 20.4 Å². The minimum atomic E-state index is -0.216. The van der Waals surface area contributed by atoms with Crippen LogP contribution >= 0.6 is 24.0 Å². The average molecular weight is 568 g/mol. The van der Waals surface area contributed by atoms with E-state index in [0.29, 0.717) is 44.1 Å². The molecule has 2 heterocycles. The van der Waals surface area contributed by atoms with E-state index in [9.17, 15) is 9.18 Å². The molecule has 9 heteroatoms. The fourth-order valence-electron chi connectivity index (χ4n) is 3.63. The Kier molecular flexibility index (Phi) is 10.8. The number of aliphatic imine (C=N–C) groups is 1. The third kappa shape index (κ3) is 7.83. The van der Waals surface area contributed by atoms with Crippen LogP contribution in [0.25, 0.3) is 0 Å². The Bertz CT molecular complexity index is 918. The Hall–Kier alpha value is -2.43. The molecular weight excluding hydrogens is 534 g/mol. The molecule has 3 rings (SSSR count). The van der Waals surface area contributed by atoms with Gasteiger partial charge in [-0.15, -0.1) is 24.0 Å². The zero-order valence-corrected chi connectivity index (χ0v) is 21.9. The van der Waals surface area contributed by atoms with Gasteiger partial charge in [-0.2, -0.15) is 0 Å². The molecule has 0 saturated carbocycles. The molecule has 1 aromatic heterocycles. The molecule has 1 amide bonds. The number of guanidine groups is 1. The summed E-state index contributed by atoms with van der Waals surface area (Å²) in [6, 6.07) is 11.0. The summed E-state index contributed by atoms with van der Waals surface area (Å²) in [7, 11) is 0. The van der Waals surface area contributed by atoms with Gasteiger partial charge in [-0.05, 0) is 50.1 Å². The third-order valence-electron chi connectivity index (χ3n) is 5.59. The molecule has 33 heavy (non-hydrogen) atoms. The number of piperazine rings is 1. The number of aryl methyl sites for hydroxylation is 1. The van der Waals surface area contributed by atoms with Crippen molar-refractivity contribution in [1.82, 2.24) is 20.5 Å². The lowest BCUT2D eigenvalue weighted by Gasteiger charge is -2.35. The first kappa shape index (κ1) is 26.8. The van der Waals surface area contributed by atoms with Gasteiger partial charge in [0.1, 0.15) is 11.6 Å². The predicted molar refractivity (Wildman–Crippen MR) is 142 cm³/mol. The van der Waals surface area contributed by atoms with Crippen molar-refractivity contribution in [1.29, 1.82) is 0 Å². The fraction of sp³-hybridized carbons (Fsp3) is 0.458. The lowest BCUT2D eigenvalue weighted by atomic mass is 10.1. The monoisotopic (exact) mass is 568 g/mol. The maximum absolute atomic E-state index is 13.9. The number of hydrogen-bond acceptors (Lipinski definition) is 4. The quantitative estimate of drug-likeness (QED) is 0.304. The maximum atomic E-state index is 13.9. The SMILES string of the molecule is CCNC(=NCCC(=O)N1CCN(c2ccccn2)CC1)NC(C)c1ccc(C)c(F)c1.I. The Balaban J connectivity index is 0.00000385. The van der Waals surface area contributed by atoms with Gasteiger partial charge in [-0.1, -0.05) is 18.2 Å². The lowest BCUT2D eigenvalue weighted by molar-refractivity contribution is -0.131. The summed E-state index contributed by atoms with van der Waals surface area (Å²) in [6.45, 7) is 9.72. The summed E-state index contributed by atoms with van der Waals surface area (Å²) in [5.74, 6) is 1.47. The van der Waals surface area contributed by atoms with Crippen LogP contribution in [0.15, 0.2) is 47.6 Å². The molecule has 0 aliphatic carbocycles. The summed E-state index contributed by atoms with van der Waals surface area (Å²) in [6.07, 6.45) is 2.14. The highest BCUT2D eigenvalue weighted by Gasteiger charge is 2.21. The van der Waals surface area contributed by atoms with E-state index >= 15 is 0 Å². The topological polar surface area (TPSA) is 72.9 Å². The number of amides is 1. The van der Waals surface area contributed by atoms with Crippen LogP contribution < -0.4 is 15.5 Å². The predicted octanol–water partition coefficient (Wildman–Crippen LogP) is 3.50. The van der Waals surface area contributed by atoms with Crippen molar-refractivity contribution in [2.45, 2.75) is 33.2 Å². The van der Waals surface area contributed by atoms with E-state index < -0.39 is 0 Å². The fourth-order valence-corrected chi connectivity index (χ4v) is 3.63. The highest BCUT2D eigenvalue weighted by atomic mass is 127. The molecule has 2 N–H and O–H groups in total. The number of pyridine rings is 1. The van der Waals surface area contributed by atoms with Gasteiger partial charge >= 0.3 is 0 Å². The number of anilines is 1. The molecule has 1 aliphatic heterocycles. The van der Waals surface area contributed by atoms with E-state index in [1.54, 1.807) is 25.3 Å². The summed E-state index contributed by atoms with van der Waals surface area (Å²) in [5.41, 5.74) is 1.47. The van der Waals surface area contributed by atoms with Gasteiger partial charge in [0.05, 0.1) is 12.6 Å². The van der Waals surface area contributed by atoms with E-state index in [4.69, 9.17) is 0 Å². The second-order valence-corrected chi connectivity index (χ2v) is 7.94. The van der Waals surface area contributed by atoms with Crippen molar-refractivity contribution >= 4 is 41.7 Å². The molecular formula is C24H34FIN6O. The second kappa shape index (κ2) is 13.3. The van der Waals surface area contributed by atoms with E-state index in [1.807, 2.05) is 43.0 Å². The van der Waals surface area contributed by atoms with E-state index in [0.717, 1.165) is 24.5 Å². The molecule has 1 atom stereocenters. The highest BCUT2D eigenvalue weighted by Crippen LogP contribution is 2.16. The Morgan fingerprint density at radius 1 is 1.21 bits per heavy atom. The molecule has 1 fully saturated rings. The normalized spacial score (nSPS) is 15.0. The number of nitrogens with one attached hydrogen (secondary N) is 2. The summed E-state index contributed by atoms with van der Waals surface area (Å²) in [5, 5.41) is 6.48. The number of benzene rings is 1. The summed E-state index contributed by atoms with van der Waals surface area (Å²) >= 11 is 0. The highest BCUT2D eigenvalue weighted by molar-refractivity contribution is 14.0. The zero-order chi connectivity index (χ0) is 22.9. The molecule has 2 aromatic rings. The largest absolute Gasteiger partial charge is 0.357 e. The van der Waals surface area contributed by atoms with Gasteiger partial charge in [-0.25, -0.2) is 9.37 Å². The van der Waals surface area contributed by atoms with Gasteiger partial charge in [0.2, 0.25) is 5.91 Å². The molecule has 1 aliphatic rings. The van der Waals surface area contributed by atoms with Crippen molar-refractivity contribution in [2.24, 2.45) is 4.99 Å². The van der Waals surface area contributed by atoms with Gasteiger partial charge in [-0.3, -0.25) is 9.79 Å². The minimum absolute atomic E-state index is 0. The van der Waals surface area contributed by atoms with Crippen molar-refractivity contribution in [3.05, 3.63) is 59.5 Å². The number of halogens is 2. The van der Waals surface area contributed by atoms with Gasteiger partial charge in [0, 0.05) is 45.3 Å². The molecule has 1 saturated heterocycles. The van der Waals surface area contributed by atoms with Crippen molar-refractivity contribution in [2.75, 3.05) is 44.2 Å². The first-order valence-corrected chi connectivity index (χ1v) is 11.2. The van der Waals surface area contributed by atoms with E-state index in [-0.39, 0.29) is 41.7 Å². The maximum Gasteiger partial charge on any atom is 0.224 e. The van der Waals surface area contributed by atoms with Gasteiger partial charge in [0.15, 0.2) is 5.96 Å².